The fraction of sp³-hybridized carbons (Fsp3) is 0.571. The minimum Gasteiger partial charge on any atom is -0.496 e. The Labute approximate surface area is 117 Å². The molecule has 1 saturated heterocycles. The number of benzene rings is 1. The first-order valence-electron chi connectivity index (χ1n) is 6.51. The van der Waals surface area contributed by atoms with Gasteiger partial charge >= 0.3 is 0 Å². The first kappa shape index (κ1) is 15.2. The zero-order chi connectivity index (χ0) is 14.7. The SMILES string of the molecule is COc1ccccc1CC1O[C@H](CO)[C@@H](O)[C@H](O)[C@H]1O. The van der Waals surface area contributed by atoms with Crippen LogP contribution in [-0.2, 0) is 11.2 Å². The van der Waals surface area contributed by atoms with Gasteiger partial charge in [0, 0.05) is 6.42 Å². The van der Waals surface area contributed by atoms with Crippen molar-refractivity contribution in [2.45, 2.75) is 36.9 Å². The number of aliphatic hydroxyl groups excluding tert-OH is 4. The highest BCUT2D eigenvalue weighted by molar-refractivity contribution is 5.34. The second-order valence-electron chi connectivity index (χ2n) is 4.88. The third kappa shape index (κ3) is 2.94. The van der Waals surface area contributed by atoms with E-state index in [-0.39, 0.29) is 0 Å². The van der Waals surface area contributed by atoms with E-state index in [1.807, 2.05) is 18.2 Å². The van der Waals surface area contributed by atoms with Crippen molar-refractivity contribution >= 4 is 0 Å². The van der Waals surface area contributed by atoms with Crippen LogP contribution in [0.3, 0.4) is 0 Å². The molecular formula is C14H20O6. The lowest BCUT2D eigenvalue weighted by molar-refractivity contribution is -0.228. The Balaban J connectivity index is 2.15. The number of rotatable bonds is 4. The Bertz CT molecular complexity index is 435. The maximum atomic E-state index is 9.99. The fourth-order valence-corrected chi connectivity index (χ4v) is 2.44. The Morgan fingerprint density at radius 2 is 1.70 bits per heavy atom. The van der Waals surface area contributed by atoms with E-state index in [1.165, 1.54) is 0 Å². The Hall–Kier alpha value is -1.18. The monoisotopic (exact) mass is 284 g/mol. The van der Waals surface area contributed by atoms with E-state index >= 15 is 0 Å². The molecule has 0 aliphatic carbocycles. The predicted octanol–water partition coefficient (Wildman–Crippen LogP) is -0.920. The topological polar surface area (TPSA) is 99.4 Å². The summed E-state index contributed by atoms with van der Waals surface area (Å²) in [6.07, 6.45) is -5.19. The summed E-state index contributed by atoms with van der Waals surface area (Å²) in [4.78, 5) is 0. The summed E-state index contributed by atoms with van der Waals surface area (Å²) in [5.74, 6) is 0.657. The third-order valence-corrected chi connectivity index (χ3v) is 3.60. The maximum absolute atomic E-state index is 9.99. The largest absolute Gasteiger partial charge is 0.496 e. The Morgan fingerprint density at radius 1 is 1.05 bits per heavy atom. The van der Waals surface area contributed by atoms with E-state index in [4.69, 9.17) is 14.6 Å². The minimum absolute atomic E-state index is 0.311. The van der Waals surface area contributed by atoms with E-state index in [0.717, 1.165) is 5.56 Å². The van der Waals surface area contributed by atoms with E-state index in [1.54, 1.807) is 13.2 Å². The van der Waals surface area contributed by atoms with Crippen LogP contribution in [0.1, 0.15) is 5.56 Å². The number of hydrogen-bond acceptors (Lipinski definition) is 6. The highest BCUT2D eigenvalue weighted by atomic mass is 16.5. The molecule has 1 aromatic rings. The highest BCUT2D eigenvalue weighted by Gasteiger charge is 2.43. The number of ether oxygens (including phenoxy) is 2. The molecule has 0 aromatic heterocycles. The van der Waals surface area contributed by atoms with Crippen molar-refractivity contribution < 1.29 is 29.9 Å². The molecular weight excluding hydrogens is 264 g/mol. The van der Waals surface area contributed by atoms with Crippen molar-refractivity contribution in [2.75, 3.05) is 13.7 Å². The normalized spacial score (nSPS) is 34.0. The Kier molecular flexibility index (Phi) is 4.95. The number of hydrogen-bond donors (Lipinski definition) is 4. The van der Waals surface area contributed by atoms with Gasteiger partial charge in [-0.2, -0.15) is 0 Å². The molecule has 1 fully saturated rings. The number of methoxy groups -OCH3 is 1. The molecule has 0 spiro atoms. The molecule has 1 heterocycles. The van der Waals surface area contributed by atoms with Gasteiger partial charge in [0.25, 0.3) is 0 Å². The average molecular weight is 284 g/mol. The summed E-state index contributed by atoms with van der Waals surface area (Å²) in [5, 5.41) is 38.6. The predicted molar refractivity (Wildman–Crippen MR) is 70.5 cm³/mol. The van der Waals surface area contributed by atoms with E-state index < -0.39 is 37.1 Å². The van der Waals surface area contributed by atoms with E-state index in [0.29, 0.717) is 12.2 Å². The molecule has 0 amide bonds. The molecule has 112 valence electrons. The van der Waals surface area contributed by atoms with Crippen LogP contribution in [0.4, 0.5) is 0 Å². The zero-order valence-electron chi connectivity index (χ0n) is 11.2. The molecule has 6 nitrogen and oxygen atoms in total. The van der Waals surface area contributed by atoms with Gasteiger partial charge in [-0.05, 0) is 11.6 Å². The van der Waals surface area contributed by atoms with Crippen LogP contribution < -0.4 is 4.74 Å². The first-order chi connectivity index (χ1) is 9.58. The summed E-state index contributed by atoms with van der Waals surface area (Å²) in [5.41, 5.74) is 0.819. The average Bonchev–Trinajstić information content (AvgIpc) is 2.48. The zero-order valence-corrected chi connectivity index (χ0v) is 11.2. The van der Waals surface area contributed by atoms with E-state index in [9.17, 15) is 15.3 Å². The van der Waals surface area contributed by atoms with Crippen molar-refractivity contribution in [1.82, 2.24) is 0 Å². The summed E-state index contributed by atoms with van der Waals surface area (Å²) in [6, 6.07) is 7.29. The minimum atomic E-state index is -1.35. The van der Waals surface area contributed by atoms with Gasteiger partial charge in [-0.15, -0.1) is 0 Å². The number of aliphatic hydroxyl groups is 4. The van der Waals surface area contributed by atoms with Crippen molar-refractivity contribution in [1.29, 1.82) is 0 Å². The molecule has 2 rings (SSSR count). The fourth-order valence-electron chi connectivity index (χ4n) is 2.44. The van der Waals surface area contributed by atoms with Crippen molar-refractivity contribution in [2.24, 2.45) is 0 Å². The molecule has 1 unspecified atom stereocenters. The summed E-state index contributed by atoms with van der Waals surface area (Å²) >= 11 is 0. The van der Waals surface area contributed by atoms with Crippen LogP contribution in [0.5, 0.6) is 5.75 Å². The lowest BCUT2D eigenvalue weighted by Gasteiger charge is -2.40. The number of para-hydroxylation sites is 1. The summed E-state index contributed by atoms with van der Waals surface area (Å²) < 4.78 is 10.7. The van der Waals surface area contributed by atoms with E-state index in [2.05, 4.69) is 0 Å². The van der Waals surface area contributed by atoms with Crippen LogP contribution in [0.15, 0.2) is 24.3 Å². The van der Waals surface area contributed by atoms with Gasteiger partial charge in [0.1, 0.15) is 30.2 Å². The Morgan fingerprint density at radius 3 is 2.35 bits per heavy atom. The van der Waals surface area contributed by atoms with Gasteiger partial charge in [-0.1, -0.05) is 18.2 Å². The molecule has 1 aliphatic rings. The second kappa shape index (κ2) is 6.51. The van der Waals surface area contributed by atoms with Crippen LogP contribution in [-0.4, -0.2) is 64.7 Å². The lowest BCUT2D eigenvalue weighted by Crippen LogP contribution is -2.59. The van der Waals surface area contributed by atoms with Crippen LogP contribution in [0.25, 0.3) is 0 Å². The molecule has 0 saturated carbocycles. The van der Waals surface area contributed by atoms with Gasteiger partial charge in [-0.25, -0.2) is 0 Å². The van der Waals surface area contributed by atoms with Crippen molar-refractivity contribution in [3.05, 3.63) is 29.8 Å². The van der Waals surface area contributed by atoms with Crippen LogP contribution in [0.2, 0.25) is 0 Å². The molecule has 6 heteroatoms. The highest BCUT2D eigenvalue weighted by Crippen LogP contribution is 2.27. The van der Waals surface area contributed by atoms with Gasteiger partial charge in [-0.3, -0.25) is 0 Å². The summed E-state index contributed by atoms with van der Waals surface area (Å²) in [7, 11) is 1.55. The maximum Gasteiger partial charge on any atom is 0.122 e. The van der Waals surface area contributed by atoms with Crippen molar-refractivity contribution in [3.63, 3.8) is 0 Å². The van der Waals surface area contributed by atoms with Crippen LogP contribution in [0, 0.1) is 0 Å². The quantitative estimate of drug-likeness (QED) is 0.571. The van der Waals surface area contributed by atoms with Gasteiger partial charge in [0.2, 0.25) is 0 Å². The molecule has 1 aromatic carbocycles. The third-order valence-electron chi connectivity index (χ3n) is 3.60. The first-order valence-corrected chi connectivity index (χ1v) is 6.51. The van der Waals surface area contributed by atoms with Crippen LogP contribution >= 0.6 is 0 Å². The lowest BCUT2D eigenvalue weighted by atomic mass is 9.91. The van der Waals surface area contributed by atoms with Gasteiger partial charge in [0.15, 0.2) is 0 Å². The molecule has 4 N–H and O–H groups in total. The molecule has 20 heavy (non-hydrogen) atoms. The van der Waals surface area contributed by atoms with Crippen molar-refractivity contribution in [3.8, 4) is 5.75 Å². The van der Waals surface area contributed by atoms with Gasteiger partial charge in [0.05, 0.1) is 19.8 Å². The smallest absolute Gasteiger partial charge is 0.122 e. The summed E-state index contributed by atoms with van der Waals surface area (Å²) in [6.45, 7) is -0.423. The molecule has 0 radical (unpaired) electrons. The molecule has 1 aliphatic heterocycles. The standard InChI is InChI=1S/C14H20O6/c1-19-9-5-3-2-4-8(9)6-10-12(16)14(18)13(17)11(7-15)20-10/h2-5,10-18H,6-7H2,1H3/t10?,11-,12+,13-,14-/m1/s1. The van der Waals surface area contributed by atoms with Gasteiger partial charge < -0.3 is 29.9 Å². The second-order valence-corrected chi connectivity index (χ2v) is 4.88. The molecule has 5 atom stereocenters. The molecule has 0 bridgehead atoms.